The molecule has 2 unspecified atom stereocenters. The van der Waals surface area contributed by atoms with Crippen LogP contribution in [0.25, 0.3) is 10.9 Å². The van der Waals surface area contributed by atoms with E-state index in [1.165, 1.54) is 18.5 Å². The molecule has 180 valence electrons. The zero-order valence-corrected chi connectivity index (χ0v) is 21.7. The van der Waals surface area contributed by atoms with Crippen LogP contribution >= 0.6 is 0 Å². The van der Waals surface area contributed by atoms with Gasteiger partial charge in [-0.15, -0.1) is 0 Å². The number of benzene rings is 1. The molecule has 4 nitrogen and oxygen atoms in total. The molecule has 2 atom stereocenters. The third-order valence-corrected chi connectivity index (χ3v) is 7.42. The van der Waals surface area contributed by atoms with Crippen LogP contribution in [-0.2, 0) is 18.5 Å². The molecule has 0 amide bonds. The fourth-order valence-electron chi connectivity index (χ4n) is 5.13. The van der Waals surface area contributed by atoms with E-state index < -0.39 is 0 Å². The van der Waals surface area contributed by atoms with Crippen molar-refractivity contribution in [3.05, 3.63) is 63.7 Å². The molecule has 0 saturated carbocycles. The lowest BCUT2D eigenvalue weighted by molar-refractivity contribution is 0.246. The van der Waals surface area contributed by atoms with Crippen molar-refractivity contribution in [2.45, 2.75) is 92.2 Å². The molecular weight excluding hydrogens is 408 g/mol. The van der Waals surface area contributed by atoms with Gasteiger partial charge < -0.3 is 13.9 Å². The molecule has 3 rings (SSSR count). The summed E-state index contributed by atoms with van der Waals surface area (Å²) in [6.07, 6.45) is 6.74. The van der Waals surface area contributed by atoms with Gasteiger partial charge in [-0.25, -0.2) is 0 Å². The summed E-state index contributed by atoms with van der Waals surface area (Å²) in [5.41, 5.74) is 4.59. The van der Waals surface area contributed by atoms with E-state index in [1.54, 1.807) is 7.11 Å². The molecule has 2 heterocycles. The predicted octanol–water partition coefficient (Wildman–Crippen LogP) is 7.07. The summed E-state index contributed by atoms with van der Waals surface area (Å²) in [5.74, 6) is 1.55. The highest BCUT2D eigenvalue weighted by molar-refractivity contribution is 5.81. The van der Waals surface area contributed by atoms with E-state index in [-0.39, 0.29) is 11.1 Å². The highest BCUT2D eigenvalue weighted by atomic mass is 16.5. The van der Waals surface area contributed by atoms with Crippen LogP contribution in [0.4, 0.5) is 0 Å². The molecule has 0 spiro atoms. The highest BCUT2D eigenvalue weighted by Crippen LogP contribution is 2.36. The first-order valence-electron chi connectivity index (χ1n) is 12.7. The molecule has 0 radical (unpaired) electrons. The maximum atomic E-state index is 13.7. The first-order valence-corrected chi connectivity index (χ1v) is 12.7. The van der Waals surface area contributed by atoms with Crippen LogP contribution in [0.1, 0.15) is 83.7 Å². The van der Waals surface area contributed by atoms with Crippen LogP contribution in [0, 0.1) is 12.8 Å². The van der Waals surface area contributed by atoms with Gasteiger partial charge in [-0.3, -0.25) is 4.79 Å². The highest BCUT2D eigenvalue weighted by Gasteiger charge is 2.30. The van der Waals surface area contributed by atoms with Crippen LogP contribution in [-0.4, -0.2) is 16.2 Å². The van der Waals surface area contributed by atoms with Gasteiger partial charge in [0.2, 0.25) is 0 Å². The minimum atomic E-state index is 0.0202. The Balaban J connectivity index is 2.10. The molecule has 2 aromatic heterocycles. The zero-order chi connectivity index (χ0) is 24.2. The Morgan fingerprint density at radius 2 is 1.76 bits per heavy atom. The number of aromatic nitrogens is 2. The largest absolute Gasteiger partial charge is 0.497 e. The summed E-state index contributed by atoms with van der Waals surface area (Å²) >= 11 is 0. The molecule has 0 N–H and O–H groups in total. The van der Waals surface area contributed by atoms with Crippen molar-refractivity contribution in [3.63, 3.8) is 0 Å². The summed E-state index contributed by atoms with van der Waals surface area (Å²) in [6, 6.07) is 12.4. The molecule has 4 heteroatoms. The number of hydrogen-bond donors (Lipinski definition) is 0. The van der Waals surface area contributed by atoms with Gasteiger partial charge in [0.25, 0.3) is 5.56 Å². The van der Waals surface area contributed by atoms with E-state index in [0.29, 0.717) is 6.54 Å². The van der Waals surface area contributed by atoms with E-state index >= 15 is 0 Å². The van der Waals surface area contributed by atoms with Crippen molar-refractivity contribution >= 4 is 10.9 Å². The second-order valence-electron chi connectivity index (χ2n) is 9.95. The van der Waals surface area contributed by atoms with E-state index in [1.807, 2.05) is 28.8 Å². The summed E-state index contributed by atoms with van der Waals surface area (Å²) in [7, 11) is 1.67. The average molecular weight is 451 g/mol. The fraction of sp³-hybridized carbons (Fsp3) is 0.552. The maximum Gasteiger partial charge on any atom is 0.260 e. The number of nitrogens with zero attached hydrogens (tertiary/aromatic N) is 2. The molecule has 0 aliphatic heterocycles. The van der Waals surface area contributed by atoms with Gasteiger partial charge in [0.15, 0.2) is 0 Å². The molecule has 0 aliphatic carbocycles. The molecule has 33 heavy (non-hydrogen) atoms. The molecule has 0 bridgehead atoms. The third kappa shape index (κ3) is 5.20. The molecule has 0 aliphatic rings. The number of fused-ring (bicyclic) bond motifs is 1. The van der Waals surface area contributed by atoms with Crippen LogP contribution in [0.2, 0.25) is 0 Å². The lowest BCUT2D eigenvalue weighted by Gasteiger charge is -2.35. The number of hydrogen-bond acceptors (Lipinski definition) is 2. The van der Waals surface area contributed by atoms with Crippen LogP contribution in [0.3, 0.4) is 0 Å². The van der Waals surface area contributed by atoms with Crippen molar-refractivity contribution in [2.24, 2.45) is 5.92 Å². The minimum absolute atomic E-state index is 0.0202. The number of aryl methyl sites for hydroxylation is 2. The Kier molecular flexibility index (Phi) is 8.10. The number of rotatable bonds is 11. The Bertz CT molecular complexity index is 1120. The normalized spacial score (nSPS) is 14.4. The number of ether oxygens (including phenoxy) is 1. The Morgan fingerprint density at radius 1 is 1.06 bits per heavy atom. The number of methoxy groups -OCH3 is 1. The quantitative estimate of drug-likeness (QED) is 0.313. The average Bonchev–Trinajstić information content (AvgIpc) is 3.20. The van der Waals surface area contributed by atoms with E-state index in [4.69, 9.17) is 4.74 Å². The molecular formula is C29H42N2O2. The van der Waals surface area contributed by atoms with Gasteiger partial charge >= 0.3 is 0 Å². The van der Waals surface area contributed by atoms with Gasteiger partial charge in [-0.05, 0) is 75.3 Å². The Hall–Kier alpha value is -2.49. The van der Waals surface area contributed by atoms with Crippen molar-refractivity contribution in [1.29, 1.82) is 0 Å². The number of pyridine rings is 1. The second kappa shape index (κ2) is 10.6. The molecule has 3 aromatic rings. The summed E-state index contributed by atoms with van der Waals surface area (Å²) in [6.45, 7) is 14.1. The Morgan fingerprint density at radius 3 is 2.33 bits per heavy atom. The molecule has 0 fully saturated rings. The first-order chi connectivity index (χ1) is 15.8. The van der Waals surface area contributed by atoms with Crippen LogP contribution < -0.4 is 10.3 Å². The summed E-state index contributed by atoms with van der Waals surface area (Å²) in [5, 5.41) is 0.844. The standard InChI is InChI=1S/C29H42N2O2/c1-8-16-29(6,17-15-21(4)9-2)31-24(10-3)19-26-27(31)18-22(5)30(28(26)32)20-23-11-13-25(33-7)14-12-23/h11-14,18-19,21H,8-10,15-17,20H2,1-7H3. The lowest BCUT2D eigenvalue weighted by atomic mass is 9.86. The summed E-state index contributed by atoms with van der Waals surface area (Å²) in [4.78, 5) is 13.7. The fourth-order valence-corrected chi connectivity index (χ4v) is 5.13. The third-order valence-electron chi connectivity index (χ3n) is 7.42. The Labute approximate surface area is 199 Å². The first kappa shape index (κ1) is 25.1. The zero-order valence-electron chi connectivity index (χ0n) is 21.7. The topological polar surface area (TPSA) is 36.2 Å². The SMILES string of the molecule is CCCC(C)(CCC(C)CC)n1c(CC)cc2c(=O)n(Cc3ccc(OC)cc3)c(C)cc21. The van der Waals surface area contributed by atoms with E-state index in [9.17, 15) is 4.79 Å². The van der Waals surface area contributed by atoms with Crippen molar-refractivity contribution in [3.8, 4) is 5.75 Å². The van der Waals surface area contributed by atoms with Gasteiger partial charge in [-0.1, -0.05) is 52.7 Å². The second-order valence-corrected chi connectivity index (χ2v) is 9.95. The minimum Gasteiger partial charge on any atom is -0.497 e. The molecule has 0 saturated heterocycles. The maximum absolute atomic E-state index is 13.7. The van der Waals surface area contributed by atoms with Crippen molar-refractivity contribution in [2.75, 3.05) is 7.11 Å². The predicted molar refractivity (Wildman–Crippen MR) is 140 cm³/mol. The van der Waals surface area contributed by atoms with Gasteiger partial charge in [0.05, 0.1) is 24.6 Å². The molecule has 1 aromatic carbocycles. The van der Waals surface area contributed by atoms with Gasteiger partial charge in [0.1, 0.15) is 5.75 Å². The monoisotopic (exact) mass is 450 g/mol. The summed E-state index contributed by atoms with van der Waals surface area (Å²) < 4.78 is 9.70. The van der Waals surface area contributed by atoms with Crippen molar-refractivity contribution in [1.82, 2.24) is 9.13 Å². The smallest absolute Gasteiger partial charge is 0.260 e. The van der Waals surface area contributed by atoms with E-state index in [2.05, 4.69) is 58.2 Å². The van der Waals surface area contributed by atoms with Crippen LogP contribution in [0.5, 0.6) is 5.75 Å². The van der Waals surface area contributed by atoms with E-state index in [0.717, 1.165) is 59.5 Å². The lowest BCUT2D eigenvalue weighted by Crippen LogP contribution is -2.32. The van der Waals surface area contributed by atoms with Gasteiger partial charge in [-0.2, -0.15) is 0 Å². The van der Waals surface area contributed by atoms with Crippen LogP contribution in [0.15, 0.2) is 41.2 Å². The van der Waals surface area contributed by atoms with Crippen molar-refractivity contribution < 1.29 is 4.74 Å². The van der Waals surface area contributed by atoms with Gasteiger partial charge in [0, 0.05) is 16.9 Å².